The van der Waals surface area contributed by atoms with Gasteiger partial charge < -0.3 is 85.1 Å². The molecule has 0 saturated carbocycles. The van der Waals surface area contributed by atoms with E-state index in [2.05, 4.69) is 175 Å². The molecule has 0 spiro atoms. The highest BCUT2D eigenvalue weighted by atomic mass is 32.1. The number of thiol groups is 8. The number of nitrogens with zero attached hydrogens (tertiary/aromatic N) is 1. The zero-order chi connectivity index (χ0) is 81.2. The Morgan fingerprint density at radius 3 is 0.697 bits per heavy atom. The third-order valence-corrected chi connectivity index (χ3v) is 18.6. The van der Waals surface area contributed by atoms with E-state index in [9.17, 15) is 71.9 Å². The summed E-state index contributed by atoms with van der Waals surface area (Å²) in [5.41, 5.74) is 5.77. The summed E-state index contributed by atoms with van der Waals surface area (Å²) in [4.78, 5) is 200. The summed E-state index contributed by atoms with van der Waals surface area (Å²) in [5.74, 6) is -3.63. The lowest BCUT2D eigenvalue weighted by Gasteiger charge is -2.26. The van der Waals surface area contributed by atoms with Gasteiger partial charge in [0.2, 0.25) is 88.6 Å². The van der Waals surface area contributed by atoms with Crippen LogP contribution in [0.15, 0.2) is 0 Å². The molecule has 0 unspecified atom stereocenters. The number of nitrogens with one attached hydrogen (secondary N) is 14. The molecular weight excluding hydrogens is 1560 g/mol. The van der Waals surface area contributed by atoms with Gasteiger partial charge in [-0.2, -0.15) is 101 Å². The molecule has 0 fully saturated rings. The van der Waals surface area contributed by atoms with Gasteiger partial charge in [-0.3, -0.25) is 71.9 Å². The maximum absolute atomic E-state index is 14.4. The average Bonchev–Trinajstić information content (AvgIpc) is 0.890. The molecule has 0 aromatic carbocycles. The van der Waals surface area contributed by atoms with Crippen molar-refractivity contribution in [2.75, 3.05) is 118 Å². The fourth-order valence-corrected chi connectivity index (χ4v) is 12.4. The molecule has 109 heavy (non-hydrogen) atoms. The number of hydrogen-bond acceptors (Lipinski definition) is 24. The van der Waals surface area contributed by atoms with Crippen LogP contribution in [0.2, 0.25) is 0 Å². The molecule has 31 nitrogen and oxygen atoms in total. The lowest BCUT2D eigenvalue weighted by atomic mass is 10.0. The van der Waals surface area contributed by atoms with Gasteiger partial charge in [0, 0.05) is 123 Å². The molecule has 0 saturated heterocycles. The van der Waals surface area contributed by atoms with Crippen LogP contribution in [0.25, 0.3) is 0 Å². The molecule has 0 aromatic heterocycles. The van der Waals surface area contributed by atoms with Crippen molar-refractivity contribution in [1.29, 1.82) is 0 Å². The quantitative estimate of drug-likeness (QED) is 0.0295. The molecule has 0 radical (unpaired) electrons. The Balaban J connectivity index is 7.00. The zero-order valence-corrected chi connectivity index (χ0v) is 70.5. The van der Waals surface area contributed by atoms with Crippen LogP contribution >= 0.6 is 101 Å². The predicted octanol–water partition coefficient (Wildman–Crippen LogP) is 0.753. The third-order valence-electron chi connectivity index (χ3n) is 16.8. The van der Waals surface area contributed by atoms with Crippen LogP contribution in [-0.2, 0) is 71.9 Å². The van der Waals surface area contributed by atoms with Crippen molar-refractivity contribution in [2.45, 2.75) is 229 Å². The Morgan fingerprint density at radius 1 is 0.229 bits per heavy atom. The number of hydrogen-bond donors (Lipinski definition) is 23. The van der Waals surface area contributed by atoms with E-state index < -0.39 is 83.5 Å². The van der Waals surface area contributed by atoms with Gasteiger partial charge >= 0.3 is 0 Å². The zero-order valence-electron chi connectivity index (χ0n) is 63.3. The summed E-state index contributed by atoms with van der Waals surface area (Å²) < 4.78 is 0. The molecule has 0 aliphatic carbocycles. The molecule has 626 valence electrons. The summed E-state index contributed by atoms with van der Waals surface area (Å²) in [5, 5.41) is 39.3. The van der Waals surface area contributed by atoms with E-state index in [4.69, 9.17) is 5.73 Å². The molecule has 0 bridgehead atoms. The van der Waals surface area contributed by atoms with Crippen molar-refractivity contribution in [3.8, 4) is 0 Å². The molecule has 0 aliphatic rings. The Hall–Kier alpha value is -5.19. The Bertz CT molecular complexity index is 2530. The van der Waals surface area contributed by atoms with E-state index in [-0.39, 0.29) is 213 Å². The van der Waals surface area contributed by atoms with E-state index in [1.165, 1.54) is 4.90 Å². The van der Waals surface area contributed by atoms with Gasteiger partial charge in [0.15, 0.2) is 0 Å². The van der Waals surface area contributed by atoms with Gasteiger partial charge in [0.05, 0.1) is 0 Å². The fraction of sp³-hybridized carbons (Fsp3) is 0.786. The number of rotatable bonds is 69. The fourth-order valence-electron chi connectivity index (χ4n) is 10.8. The number of carbonyl (C=O) groups excluding carboxylic acids is 15. The van der Waals surface area contributed by atoms with E-state index in [1.807, 2.05) is 0 Å². The first kappa shape index (κ1) is 104. The summed E-state index contributed by atoms with van der Waals surface area (Å²) >= 11 is 33.0. The highest BCUT2D eigenvalue weighted by Crippen LogP contribution is 2.12. The molecule has 0 aromatic rings. The maximum Gasteiger partial charge on any atom is 0.243 e. The van der Waals surface area contributed by atoms with Crippen LogP contribution in [0, 0.1) is 0 Å². The average molecular weight is 1690 g/mol. The van der Waals surface area contributed by atoms with Crippen molar-refractivity contribution in [3.63, 3.8) is 0 Å². The topological polar surface area (TPSA) is 454 Å². The van der Waals surface area contributed by atoms with Crippen molar-refractivity contribution < 1.29 is 71.9 Å². The first-order valence-corrected chi connectivity index (χ1v) is 43.3. The van der Waals surface area contributed by atoms with E-state index in [0.29, 0.717) is 139 Å². The Morgan fingerprint density at radius 2 is 0.450 bits per heavy atom. The minimum absolute atomic E-state index is 0.00295. The van der Waals surface area contributed by atoms with Gasteiger partial charge in [0.25, 0.3) is 0 Å². The molecule has 0 aliphatic heterocycles. The van der Waals surface area contributed by atoms with E-state index >= 15 is 0 Å². The van der Waals surface area contributed by atoms with Gasteiger partial charge in [-0.25, -0.2) is 0 Å². The molecule has 39 heteroatoms. The second-order valence-corrected chi connectivity index (χ2v) is 29.5. The standard InChI is InChI=1S/C70H128N16O15S8/c71-31-9-1-2-22-64(95)86(40-38-78-67(98)52(84-69(100)54(82-62(93)29-48-108)20-5-12-34-74-58(89)25-44-104)18-7-14-36-76-65(96)50(80-60(91)27-46-106)16-3-10-32-72-56(87)23-42-102)41-39-79-68(99)53(85-70(101)55(83-63(94)30-49-109)21-6-13-35-75-59(90)26-45-105)19-8-15-37-77-66(97)51(81-61(92)28-47-107)17-4-11-33-73-57(88)24-43-103/h50-55,102-109H,1-49,71H2,(H,72,87)(H,73,88)(H,74,89)(H,75,90)(H,76,96)(H,77,97)(H,78,98)(H,79,99)(H,80,91)(H,81,92)(H,82,93)(H,83,94)(H,84,100)(H,85,101)/t50-,51-,52-,53-,54-,55-/m0/s1. The SMILES string of the molecule is NCCCCCC(=O)N(CCNC(=O)[C@H](CCCCNC(=O)[C@H](CCCCNC(=O)CCS)NC(=O)CCS)NC(=O)[C@H](CCCCNC(=O)CCS)NC(=O)CCS)CCNC(=O)[C@H](CCCCNC(=O)[C@H](CCCCNC(=O)CCS)NC(=O)CCS)NC(=O)[C@H](CCCCNC(=O)CCS)NC(=O)CCS. The third kappa shape index (κ3) is 55.8. The monoisotopic (exact) mass is 1690 g/mol. The normalized spacial score (nSPS) is 12.6. The number of amides is 15. The van der Waals surface area contributed by atoms with Gasteiger partial charge in [0.1, 0.15) is 36.3 Å². The van der Waals surface area contributed by atoms with Gasteiger partial charge in [-0.15, -0.1) is 0 Å². The Kier molecular flexibility index (Phi) is 66.2. The highest BCUT2D eigenvalue weighted by molar-refractivity contribution is 7.81. The highest BCUT2D eigenvalue weighted by Gasteiger charge is 2.30. The van der Waals surface area contributed by atoms with Crippen LogP contribution in [-0.4, -0.2) is 248 Å². The smallest absolute Gasteiger partial charge is 0.243 e. The molecule has 0 heterocycles. The van der Waals surface area contributed by atoms with Crippen LogP contribution in [0.3, 0.4) is 0 Å². The number of carbonyl (C=O) groups is 15. The van der Waals surface area contributed by atoms with Crippen molar-refractivity contribution >= 4 is 190 Å². The predicted molar refractivity (Wildman–Crippen MR) is 451 cm³/mol. The molecule has 6 atom stereocenters. The molecule has 16 N–H and O–H groups in total. The second-order valence-electron chi connectivity index (χ2n) is 25.9. The minimum Gasteiger partial charge on any atom is -0.356 e. The van der Waals surface area contributed by atoms with Crippen molar-refractivity contribution in [1.82, 2.24) is 79.3 Å². The van der Waals surface area contributed by atoms with Crippen LogP contribution in [0.4, 0.5) is 0 Å². The summed E-state index contributed by atoms with van der Waals surface area (Å²) in [6, 6.07) is -6.36. The maximum atomic E-state index is 14.4. The largest absolute Gasteiger partial charge is 0.356 e. The summed E-state index contributed by atoms with van der Waals surface area (Å²) in [6.07, 6.45) is 9.02. The summed E-state index contributed by atoms with van der Waals surface area (Å²) in [7, 11) is 0. The lowest BCUT2D eigenvalue weighted by Crippen LogP contribution is -2.55. The first-order chi connectivity index (χ1) is 52.5. The van der Waals surface area contributed by atoms with E-state index in [1.54, 1.807) is 0 Å². The van der Waals surface area contributed by atoms with Gasteiger partial charge in [-0.1, -0.05) is 6.42 Å². The molecule has 15 amide bonds. The lowest BCUT2D eigenvalue weighted by molar-refractivity contribution is -0.133. The van der Waals surface area contributed by atoms with Crippen molar-refractivity contribution in [2.24, 2.45) is 5.73 Å². The van der Waals surface area contributed by atoms with Crippen LogP contribution < -0.4 is 80.2 Å². The van der Waals surface area contributed by atoms with Gasteiger partial charge in [-0.05, 0) is 181 Å². The molecular formula is C70H128N16O15S8. The van der Waals surface area contributed by atoms with Crippen molar-refractivity contribution in [3.05, 3.63) is 0 Å². The van der Waals surface area contributed by atoms with E-state index in [0.717, 1.165) is 0 Å². The number of nitrogens with two attached hydrogens (primary N) is 1. The molecule has 0 rings (SSSR count). The van der Waals surface area contributed by atoms with Crippen LogP contribution in [0.5, 0.6) is 0 Å². The Labute approximate surface area is 688 Å². The van der Waals surface area contributed by atoms with Crippen LogP contribution in [0.1, 0.15) is 193 Å². The summed E-state index contributed by atoms with van der Waals surface area (Å²) in [6.45, 7) is 1.63. The first-order valence-electron chi connectivity index (χ1n) is 38.3. The second kappa shape index (κ2) is 69.5. The minimum atomic E-state index is -1.21. The number of unbranched alkanes of at least 4 members (excludes halogenated alkanes) is 8.